The summed E-state index contributed by atoms with van der Waals surface area (Å²) in [6.07, 6.45) is 6.41. The van der Waals surface area contributed by atoms with Gasteiger partial charge in [0.05, 0.1) is 19.8 Å². The maximum atomic E-state index is 5.68. The largest absolute Gasteiger partial charge is 0.382 e. The molecule has 2 aliphatic rings. The lowest BCUT2D eigenvalue weighted by atomic mass is 9.99. The maximum absolute atomic E-state index is 5.68. The van der Waals surface area contributed by atoms with Gasteiger partial charge in [-0.25, -0.2) is 0 Å². The molecule has 0 spiro atoms. The van der Waals surface area contributed by atoms with Crippen LogP contribution in [0.25, 0.3) is 0 Å². The summed E-state index contributed by atoms with van der Waals surface area (Å²) in [6.45, 7) is 11.5. The molecule has 0 aromatic heterocycles. The second-order valence-electron chi connectivity index (χ2n) is 7.87. The Morgan fingerprint density at radius 2 is 1.89 bits per heavy atom. The van der Waals surface area contributed by atoms with E-state index in [2.05, 4.69) is 27.0 Å². The first kappa shape index (κ1) is 24.9. The highest BCUT2D eigenvalue weighted by Crippen LogP contribution is 2.17. The van der Waals surface area contributed by atoms with Gasteiger partial charge in [-0.3, -0.25) is 4.99 Å². The summed E-state index contributed by atoms with van der Waals surface area (Å²) in [5.41, 5.74) is 0. The van der Waals surface area contributed by atoms with E-state index in [4.69, 9.17) is 9.47 Å². The summed E-state index contributed by atoms with van der Waals surface area (Å²) in [5, 5.41) is 3.55. The Labute approximate surface area is 183 Å². The van der Waals surface area contributed by atoms with Crippen molar-refractivity contribution in [2.45, 2.75) is 39.0 Å². The summed E-state index contributed by atoms with van der Waals surface area (Å²) in [7, 11) is 3.60. The van der Waals surface area contributed by atoms with Gasteiger partial charge in [-0.05, 0) is 57.7 Å². The van der Waals surface area contributed by atoms with Crippen molar-refractivity contribution in [2.75, 3.05) is 73.2 Å². The average Bonchev–Trinajstić information content (AvgIpc) is 3.12. The minimum Gasteiger partial charge on any atom is -0.382 e. The molecule has 1 unspecified atom stereocenters. The number of ether oxygens (including phenoxy) is 2. The minimum atomic E-state index is 0. The molecule has 2 aliphatic heterocycles. The predicted molar refractivity (Wildman–Crippen MR) is 123 cm³/mol. The lowest BCUT2D eigenvalue weighted by molar-refractivity contribution is 0.0536. The molecular formula is C20H41IN4O2. The molecule has 27 heavy (non-hydrogen) atoms. The molecule has 2 rings (SSSR count). The molecule has 2 saturated heterocycles. The molecule has 2 fully saturated rings. The Morgan fingerprint density at radius 1 is 1.11 bits per heavy atom. The number of unbranched alkanes of at least 4 members (excludes halogenated alkanes) is 1. The van der Waals surface area contributed by atoms with Gasteiger partial charge in [0.1, 0.15) is 0 Å². The number of methoxy groups -OCH3 is 1. The number of likely N-dealkylation sites (tertiary alicyclic amines) is 2. The van der Waals surface area contributed by atoms with Gasteiger partial charge in [0.25, 0.3) is 0 Å². The molecule has 7 heteroatoms. The Bertz CT molecular complexity index is 403. The van der Waals surface area contributed by atoms with Crippen LogP contribution in [0, 0.1) is 11.8 Å². The number of hydrogen-bond donors (Lipinski definition) is 1. The molecule has 0 aliphatic carbocycles. The van der Waals surface area contributed by atoms with Crippen LogP contribution in [0.15, 0.2) is 4.99 Å². The Morgan fingerprint density at radius 3 is 2.59 bits per heavy atom. The number of rotatable bonds is 10. The van der Waals surface area contributed by atoms with E-state index in [9.17, 15) is 0 Å². The van der Waals surface area contributed by atoms with Gasteiger partial charge in [0.2, 0.25) is 0 Å². The van der Waals surface area contributed by atoms with E-state index in [1.807, 2.05) is 7.05 Å². The number of hydrogen-bond acceptors (Lipinski definition) is 4. The second-order valence-corrected chi connectivity index (χ2v) is 7.87. The Hall–Kier alpha value is -0.120. The van der Waals surface area contributed by atoms with Crippen LogP contribution < -0.4 is 5.32 Å². The SMILES string of the molecule is CN=C(NCCCCN1CCC(C)CC1)N1CCC(COCCOC)C1.I. The third-order valence-corrected chi connectivity index (χ3v) is 5.64. The normalized spacial score (nSPS) is 22.1. The first-order chi connectivity index (χ1) is 12.7. The van der Waals surface area contributed by atoms with Gasteiger partial charge in [-0.1, -0.05) is 6.92 Å². The van der Waals surface area contributed by atoms with E-state index < -0.39 is 0 Å². The zero-order chi connectivity index (χ0) is 18.6. The summed E-state index contributed by atoms with van der Waals surface area (Å²) in [6, 6.07) is 0. The highest BCUT2D eigenvalue weighted by Gasteiger charge is 2.24. The van der Waals surface area contributed by atoms with Crippen molar-refractivity contribution >= 4 is 29.9 Å². The van der Waals surface area contributed by atoms with Crippen molar-refractivity contribution in [3.8, 4) is 0 Å². The summed E-state index contributed by atoms with van der Waals surface area (Å²) >= 11 is 0. The molecule has 0 saturated carbocycles. The molecule has 0 aromatic carbocycles. The second kappa shape index (κ2) is 14.8. The standard InChI is InChI=1S/C20H40N4O2.HI/c1-18-6-11-23(12-7-18)10-5-4-9-22-20(21-2)24-13-8-19(16-24)17-26-15-14-25-3;/h18-19H,4-17H2,1-3H3,(H,21,22);1H. The van der Waals surface area contributed by atoms with Crippen LogP contribution in [-0.4, -0.2) is 89.0 Å². The first-order valence-corrected chi connectivity index (χ1v) is 10.5. The number of halogens is 1. The molecule has 2 heterocycles. The van der Waals surface area contributed by atoms with Crippen LogP contribution in [-0.2, 0) is 9.47 Å². The van der Waals surface area contributed by atoms with Gasteiger partial charge < -0.3 is 24.6 Å². The lowest BCUT2D eigenvalue weighted by Crippen LogP contribution is -2.41. The average molecular weight is 496 g/mol. The molecule has 6 nitrogen and oxygen atoms in total. The van der Waals surface area contributed by atoms with E-state index in [1.165, 1.54) is 51.7 Å². The van der Waals surface area contributed by atoms with Crippen LogP contribution in [0.1, 0.15) is 39.0 Å². The monoisotopic (exact) mass is 496 g/mol. The molecule has 0 aromatic rings. The third kappa shape index (κ3) is 9.76. The van der Waals surface area contributed by atoms with Gasteiger partial charge in [0.15, 0.2) is 5.96 Å². The molecule has 160 valence electrons. The number of nitrogens with zero attached hydrogens (tertiary/aromatic N) is 3. The van der Waals surface area contributed by atoms with Gasteiger partial charge >= 0.3 is 0 Å². The number of nitrogens with one attached hydrogen (secondary N) is 1. The third-order valence-electron chi connectivity index (χ3n) is 5.64. The van der Waals surface area contributed by atoms with E-state index in [-0.39, 0.29) is 24.0 Å². The zero-order valence-corrected chi connectivity index (χ0v) is 20.0. The lowest BCUT2D eigenvalue weighted by Gasteiger charge is -2.30. The van der Waals surface area contributed by atoms with E-state index in [0.717, 1.165) is 38.1 Å². The van der Waals surface area contributed by atoms with Gasteiger partial charge in [-0.2, -0.15) is 0 Å². The molecule has 0 amide bonds. The fourth-order valence-electron chi connectivity index (χ4n) is 3.83. The summed E-state index contributed by atoms with van der Waals surface area (Å²) < 4.78 is 10.7. The molecular weight excluding hydrogens is 455 g/mol. The van der Waals surface area contributed by atoms with E-state index in [0.29, 0.717) is 19.1 Å². The first-order valence-electron chi connectivity index (χ1n) is 10.5. The summed E-state index contributed by atoms with van der Waals surface area (Å²) in [4.78, 5) is 9.47. The van der Waals surface area contributed by atoms with Crippen molar-refractivity contribution in [1.82, 2.24) is 15.1 Å². The molecule has 0 bridgehead atoms. The summed E-state index contributed by atoms with van der Waals surface area (Å²) in [5.74, 6) is 2.58. The number of piperidine rings is 1. The van der Waals surface area contributed by atoms with Crippen molar-refractivity contribution in [1.29, 1.82) is 0 Å². The van der Waals surface area contributed by atoms with Crippen LogP contribution in [0.4, 0.5) is 0 Å². The quantitative estimate of drug-likeness (QED) is 0.218. The molecule has 1 N–H and O–H groups in total. The van der Waals surface area contributed by atoms with Gasteiger partial charge in [-0.15, -0.1) is 24.0 Å². The predicted octanol–water partition coefficient (Wildman–Crippen LogP) is 2.68. The number of aliphatic imine (C=N–C) groups is 1. The van der Waals surface area contributed by atoms with Gasteiger partial charge in [0, 0.05) is 39.7 Å². The Kier molecular flexibility index (Phi) is 13.7. The van der Waals surface area contributed by atoms with E-state index in [1.54, 1.807) is 7.11 Å². The highest BCUT2D eigenvalue weighted by atomic mass is 127. The van der Waals surface area contributed by atoms with Crippen molar-refractivity contribution in [3.63, 3.8) is 0 Å². The topological polar surface area (TPSA) is 49.3 Å². The maximum Gasteiger partial charge on any atom is 0.193 e. The van der Waals surface area contributed by atoms with Crippen LogP contribution in [0.2, 0.25) is 0 Å². The van der Waals surface area contributed by atoms with Crippen LogP contribution >= 0.6 is 24.0 Å². The molecule has 1 atom stereocenters. The van der Waals surface area contributed by atoms with Crippen molar-refractivity contribution < 1.29 is 9.47 Å². The molecule has 0 radical (unpaired) electrons. The highest BCUT2D eigenvalue weighted by molar-refractivity contribution is 14.0. The fourth-order valence-corrected chi connectivity index (χ4v) is 3.83. The van der Waals surface area contributed by atoms with Crippen LogP contribution in [0.3, 0.4) is 0 Å². The minimum absolute atomic E-state index is 0. The smallest absolute Gasteiger partial charge is 0.193 e. The van der Waals surface area contributed by atoms with Crippen molar-refractivity contribution in [2.24, 2.45) is 16.8 Å². The van der Waals surface area contributed by atoms with Crippen molar-refractivity contribution in [3.05, 3.63) is 0 Å². The fraction of sp³-hybridized carbons (Fsp3) is 0.950. The number of guanidine groups is 1. The van der Waals surface area contributed by atoms with Crippen LogP contribution in [0.5, 0.6) is 0 Å². The van der Waals surface area contributed by atoms with E-state index >= 15 is 0 Å². The Balaban J connectivity index is 0.00000364. The zero-order valence-electron chi connectivity index (χ0n) is 17.6.